The van der Waals surface area contributed by atoms with Crippen LogP contribution >= 0.6 is 0 Å². The van der Waals surface area contributed by atoms with E-state index in [1.807, 2.05) is 0 Å². The van der Waals surface area contributed by atoms with Crippen molar-refractivity contribution in [2.45, 2.75) is 46.5 Å². The lowest BCUT2D eigenvalue weighted by atomic mass is 9.49. The molecule has 0 amide bonds. The lowest BCUT2D eigenvalue weighted by Crippen LogP contribution is -2.47. The molecular weight excluding hydrogens is 168 g/mol. The fourth-order valence-corrected chi connectivity index (χ4v) is 3.12. The molecule has 0 nitrogen and oxygen atoms in total. The topological polar surface area (TPSA) is 0 Å². The second-order valence-electron chi connectivity index (χ2n) is 5.53. The van der Waals surface area contributed by atoms with E-state index in [1.54, 1.807) is 0 Å². The second kappa shape index (κ2) is 3.56. The summed E-state index contributed by atoms with van der Waals surface area (Å²) in [4.78, 5) is 0. The maximum atomic E-state index is 2.49. The summed E-state index contributed by atoms with van der Waals surface area (Å²) in [6, 6.07) is 0. The molecule has 0 radical (unpaired) electrons. The lowest BCUT2D eigenvalue weighted by molar-refractivity contribution is -0.0230. The molecule has 1 saturated carbocycles. The first-order valence-corrected chi connectivity index (χ1v) is 5.93. The van der Waals surface area contributed by atoms with Crippen LogP contribution in [0.25, 0.3) is 0 Å². The summed E-state index contributed by atoms with van der Waals surface area (Å²) in [6.45, 7) is 6.89. The Hall–Kier alpha value is -0.520. The highest BCUT2D eigenvalue weighted by atomic mass is 14.5. The molecule has 3 aliphatic carbocycles. The molecule has 1 fully saturated rings. The van der Waals surface area contributed by atoms with Crippen LogP contribution in [0.3, 0.4) is 0 Å². The van der Waals surface area contributed by atoms with Crippen LogP contribution in [-0.2, 0) is 0 Å². The van der Waals surface area contributed by atoms with Crippen molar-refractivity contribution in [3.8, 4) is 0 Å². The van der Waals surface area contributed by atoms with Crippen molar-refractivity contribution in [2.24, 2.45) is 17.3 Å². The van der Waals surface area contributed by atoms with Crippen LogP contribution in [0.2, 0.25) is 0 Å². The molecule has 0 aliphatic heterocycles. The Morgan fingerprint density at radius 3 is 2.79 bits per heavy atom. The van der Waals surface area contributed by atoms with Crippen molar-refractivity contribution in [1.29, 1.82) is 0 Å². The maximum absolute atomic E-state index is 2.49. The fraction of sp³-hybridized carbons (Fsp3) is 0.714. The molecule has 2 bridgehead atoms. The van der Waals surface area contributed by atoms with Gasteiger partial charge in [-0.1, -0.05) is 30.7 Å². The normalized spacial score (nSPS) is 39.1. The van der Waals surface area contributed by atoms with Crippen LogP contribution < -0.4 is 0 Å². The SMILES string of the molecule is CC(C)=CCC[C@]1(C)C2CC=C[C@@H]1C2. The Morgan fingerprint density at radius 2 is 2.29 bits per heavy atom. The molecule has 0 spiro atoms. The van der Waals surface area contributed by atoms with Crippen molar-refractivity contribution >= 4 is 0 Å². The number of rotatable bonds is 3. The highest BCUT2D eigenvalue weighted by molar-refractivity contribution is 5.15. The minimum absolute atomic E-state index is 0.640. The third-order valence-corrected chi connectivity index (χ3v) is 4.34. The Bertz CT molecular complexity index is 268. The van der Waals surface area contributed by atoms with Gasteiger partial charge in [0.2, 0.25) is 0 Å². The zero-order chi connectivity index (χ0) is 10.2. The molecule has 1 unspecified atom stereocenters. The van der Waals surface area contributed by atoms with E-state index in [4.69, 9.17) is 0 Å². The third kappa shape index (κ3) is 1.55. The van der Waals surface area contributed by atoms with Crippen molar-refractivity contribution in [1.82, 2.24) is 0 Å². The molecule has 3 aliphatic rings. The summed E-state index contributed by atoms with van der Waals surface area (Å²) >= 11 is 0. The number of allylic oxidation sites excluding steroid dienone is 4. The summed E-state index contributed by atoms with van der Waals surface area (Å²) in [5.74, 6) is 1.88. The van der Waals surface area contributed by atoms with Gasteiger partial charge in [-0.3, -0.25) is 0 Å². The van der Waals surface area contributed by atoms with Crippen LogP contribution in [0.15, 0.2) is 23.8 Å². The molecule has 0 heteroatoms. The fourth-order valence-electron chi connectivity index (χ4n) is 3.12. The van der Waals surface area contributed by atoms with Crippen LogP contribution in [0.1, 0.15) is 46.5 Å². The summed E-state index contributed by atoms with van der Waals surface area (Å²) in [5, 5.41) is 0. The quantitative estimate of drug-likeness (QED) is 0.581. The van der Waals surface area contributed by atoms with Crippen LogP contribution in [0.4, 0.5) is 0 Å². The molecule has 0 N–H and O–H groups in total. The van der Waals surface area contributed by atoms with E-state index in [0.29, 0.717) is 5.41 Å². The van der Waals surface area contributed by atoms with Crippen molar-refractivity contribution < 1.29 is 0 Å². The first-order chi connectivity index (χ1) is 6.63. The molecule has 0 aromatic carbocycles. The molecule has 0 aromatic rings. The first-order valence-electron chi connectivity index (χ1n) is 5.93. The number of hydrogen-bond acceptors (Lipinski definition) is 0. The highest BCUT2D eigenvalue weighted by Crippen LogP contribution is 2.59. The van der Waals surface area contributed by atoms with Gasteiger partial charge in [0.05, 0.1) is 0 Å². The Kier molecular flexibility index (Phi) is 2.55. The molecule has 0 heterocycles. The van der Waals surface area contributed by atoms with Gasteiger partial charge in [-0.15, -0.1) is 0 Å². The van der Waals surface area contributed by atoms with E-state index in [9.17, 15) is 0 Å². The number of hydrogen-bond donors (Lipinski definition) is 0. The standard InChI is InChI=1S/C14H22/c1-11(2)6-5-9-14(3)12-7-4-8-13(14)10-12/h4,6-7,12-13H,5,8-10H2,1-3H3/t12-,13?,14+/m1/s1. The smallest absolute Gasteiger partial charge is 0.0174 e. The Balaban J connectivity index is 1.92. The minimum Gasteiger partial charge on any atom is -0.0879 e. The average Bonchev–Trinajstić information content (AvgIpc) is 2.18. The Labute approximate surface area is 88.1 Å². The monoisotopic (exact) mass is 190 g/mol. The van der Waals surface area contributed by atoms with E-state index in [0.717, 1.165) is 11.8 Å². The summed E-state index contributed by atoms with van der Waals surface area (Å²) in [5.41, 5.74) is 2.11. The zero-order valence-corrected chi connectivity index (χ0v) is 9.72. The Morgan fingerprint density at radius 1 is 1.50 bits per heavy atom. The molecule has 3 atom stereocenters. The minimum atomic E-state index is 0.640. The van der Waals surface area contributed by atoms with Gasteiger partial charge in [-0.2, -0.15) is 0 Å². The van der Waals surface area contributed by atoms with Gasteiger partial charge in [0.25, 0.3) is 0 Å². The molecule has 0 saturated heterocycles. The van der Waals surface area contributed by atoms with E-state index in [-0.39, 0.29) is 0 Å². The lowest BCUT2D eigenvalue weighted by Gasteiger charge is -2.56. The van der Waals surface area contributed by atoms with Gasteiger partial charge in [0, 0.05) is 0 Å². The van der Waals surface area contributed by atoms with Gasteiger partial charge in [0.15, 0.2) is 0 Å². The van der Waals surface area contributed by atoms with Crippen molar-refractivity contribution in [3.05, 3.63) is 23.8 Å². The van der Waals surface area contributed by atoms with E-state index < -0.39 is 0 Å². The zero-order valence-electron chi connectivity index (χ0n) is 9.72. The third-order valence-electron chi connectivity index (χ3n) is 4.34. The second-order valence-corrected chi connectivity index (χ2v) is 5.53. The van der Waals surface area contributed by atoms with Gasteiger partial charge in [-0.25, -0.2) is 0 Å². The highest BCUT2D eigenvalue weighted by Gasteiger charge is 2.50. The van der Waals surface area contributed by atoms with Gasteiger partial charge < -0.3 is 0 Å². The number of fused-ring (bicyclic) bond motifs is 1. The van der Waals surface area contributed by atoms with Crippen molar-refractivity contribution in [3.63, 3.8) is 0 Å². The van der Waals surface area contributed by atoms with Gasteiger partial charge in [0.1, 0.15) is 0 Å². The van der Waals surface area contributed by atoms with Crippen molar-refractivity contribution in [2.75, 3.05) is 0 Å². The van der Waals surface area contributed by atoms with E-state index >= 15 is 0 Å². The first kappa shape index (κ1) is 10.0. The van der Waals surface area contributed by atoms with E-state index in [1.165, 1.54) is 31.3 Å². The van der Waals surface area contributed by atoms with Crippen LogP contribution in [-0.4, -0.2) is 0 Å². The predicted molar refractivity (Wildman–Crippen MR) is 62.1 cm³/mol. The maximum Gasteiger partial charge on any atom is -0.0174 e. The summed E-state index contributed by atoms with van der Waals surface area (Å²) in [6.07, 6.45) is 12.7. The largest absolute Gasteiger partial charge is 0.0879 e. The molecular formula is C14H22. The molecule has 3 rings (SSSR count). The molecule has 78 valence electrons. The van der Waals surface area contributed by atoms with E-state index in [2.05, 4.69) is 39.0 Å². The predicted octanol–water partition coefficient (Wildman–Crippen LogP) is 4.34. The van der Waals surface area contributed by atoms with Crippen LogP contribution in [0, 0.1) is 17.3 Å². The van der Waals surface area contributed by atoms with Gasteiger partial charge in [-0.05, 0) is 56.8 Å². The van der Waals surface area contributed by atoms with Crippen LogP contribution in [0.5, 0.6) is 0 Å². The molecule has 14 heavy (non-hydrogen) atoms. The average molecular weight is 190 g/mol. The van der Waals surface area contributed by atoms with Gasteiger partial charge >= 0.3 is 0 Å². The summed E-state index contributed by atoms with van der Waals surface area (Å²) in [7, 11) is 0. The molecule has 0 aromatic heterocycles. The summed E-state index contributed by atoms with van der Waals surface area (Å²) < 4.78 is 0.